The molecule has 1 aliphatic carbocycles. The van der Waals surface area contributed by atoms with Gasteiger partial charge in [0.2, 0.25) is 5.91 Å². The molecule has 1 amide bonds. The predicted octanol–water partition coefficient (Wildman–Crippen LogP) is 3.57. The lowest BCUT2D eigenvalue weighted by Gasteiger charge is -2.41. The first kappa shape index (κ1) is 14.7. The Hall–Kier alpha value is -0.220. The fraction of sp³-hybridized carbons (Fsp3) is 0.938. The van der Waals surface area contributed by atoms with Crippen molar-refractivity contribution in [2.24, 2.45) is 0 Å². The van der Waals surface area contributed by atoms with Crippen LogP contribution >= 0.6 is 11.8 Å². The molecule has 0 radical (unpaired) electrons. The third kappa shape index (κ3) is 2.61. The Morgan fingerprint density at radius 1 is 1.15 bits per heavy atom. The minimum atomic E-state index is -0.255. The zero-order valence-electron chi connectivity index (χ0n) is 12.7. The van der Waals surface area contributed by atoms with Gasteiger partial charge in [0.05, 0.1) is 12.1 Å². The van der Waals surface area contributed by atoms with Gasteiger partial charge in [-0.25, -0.2) is 0 Å². The van der Waals surface area contributed by atoms with Crippen molar-refractivity contribution in [2.75, 3.05) is 18.1 Å². The molecule has 3 aliphatic rings. The summed E-state index contributed by atoms with van der Waals surface area (Å²) in [7, 11) is 0. The van der Waals surface area contributed by atoms with Gasteiger partial charge in [-0.1, -0.05) is 26.2 Å². The van der Waals surface area contributed by atoms with E-state index in [0.717, 1.165) is 50.2 Å². The SMILES string of the molecule is CCCC(=O)N1CC2(CCCCC2)OC12CCSCC2. The lowest BCUT2D eigenvalue weighted by atomic mass is 9.85. The lowest BCUT2D eigenvalue weighted by Crippen LogP contribution is -2.50. The van der Waals surface area contributed by atoms with Crippen LogP contribution in [-0.4, -0.2) is 40.2 Å². The van der Waals surface area contributed by atoms with E-state index in [1.165, 1.54) is 19.3 Å². The van der Waals surface area contributed by atoms with Crippen molar-refractivity contribution in [1.29, 1.82) is 0 Å². The molecule has 20 heavy (non-hydrogen) atoms. The summed E-state index contributed by atoms with van der Waals surface area (Å²) in [5.41, 5.74) is -0.265. The Morgan fingerprint density at radius 3 is 2.50 bits per heavy atom. The summed E-state index contributed by atoms with van der Waals surface area (Å²) in [5, 5.41) is 0. The zero-order valence-corrected chi connectivity index (χ0v) is 13.5. The Balaban J connectivity index is 1.82. The molecule has 2 spiro atoms. The molecule has 0 N–H and O–H groups in total. The van der Waals surface area contributed by atoms with E-state index in [2.05, 4.69) is 11.8 Å². The molecule has 114 valence electrons. The molecule has 0 aromatic heterocycles. The van der Waals surface area contributed by atoms with Gasteiger partial charge in [0.15, 0.2) is 0 Å². The molecule has 4 heteroatoms. The maximum Gasteiger partial charge on any atom is 0.224 e. The van der Waals surface area contributed by atoms with Crippen LogP contribution in [0.5, 0.6) is 0 Å². The van der Waals surface area contributed by atoms with Crippen molar-refractivity contribution in [3.8, 4) is 0 Å². The molecule has 2 saturated heterocycles. The monoisotopic (exact) mass is 297 g/mol. The Morgan fingerprint density at radius 2 is 1.85 bits per heavy atom. The maximum absolute atomic E-state index is 12.6. The quantitative estimate of drug-likeness (QED) is 0.780. The van der Waals surface area contributed by atoms with E-state index >= 15 is 0 Å². The number of rotatable bonds is 2. The standard InChI is InChI=1S/C16H27NO2S/c1-2-6-14(18)17-13-15(7-4-3-5-8-15)19-16(17)9-11-20-12-10-16/h2-13H2,1H3. The number of carbonyl (C=O) groups excluding carboxylic acids is 1. The van der Waals surface area contributed by atoms with E-state index in [1.807, 2.05) is 11.8 Å². The summed E-state index contributed by atoms with van der Waals surface area (Å²) in [6, 6.07) is 0. The highest BCUT2D eigenvalue weighted by Crippen LogP contribution is 2.48. The van der Waals surface area contributed by atoms with Crippen molar-refractivity contribution >= 4 is 17.7 Å². The Bertz CT molecular complexity index is 359. The van der Waals surface area contributed by atoms with Crippen LogP contribution in [0, 0.1) is 0 Å². The minimum absolute atomic E-state index is 0.0103. The molecule has 0 unspecified atom stereocenters. The molecular formula is C16H27NO2S. The molecule has 0 bridgehead atoms. The second-order valence-corrected chi connectivity index (χ2v) is 7.86. The zero-order chi connectivity index (χ0) is 14.1. The molecule has 2 aliphatic heterocycles. The number of ether oxygens (including phenoxy) is 1. The summed E-state index contributed by atoms with van der Waals surface area (Å²) in [4.78, 5) is 14.7. The molecule has 3 fully saturated rings. The van der Waals surface area contributed by atoms with Crippen LogP contribution in [-0.2, 0) is 9.53 Å². The summed E-state index contributed by atoms with van der Waals surface area (Å²) < 4.78 is 6.69. The van der Waals surface area contributed by atoms with Gasteiger partial charge in [-0.05, 0) is 30.8 Å². The molecule has 0 aromatic carbocycles. The van der Waals surface area contributed by atoms with E-state index in [4.69, 9.17) is 4.74 Å². The van der Waals surface area contributed by atoms with Crippen LogP contribution in [0.4, 0.5) is 0 Å². The lowest BCUT2D eigenvalue weighted by molar-refractivity contribution is -0.168. The molecule has 0 aromatic rings. The second kappa shape index (κ2) is 5.88. The van der Waals surface area contributed by atoms with Crippen LogP contribution in [0.15, 0.2) is 0 Å². The van der Waals surface area contributed by atoms with Gasteiger partial charge in [-0.3, -0.25) is 4.79 Å². The first-order valence-electron chi connectivity index (χ1n) is 8.28. The van der Waals surface area contributed by atoms with Crippen molar-refractivity contribution in [2.45, 2.75) is 76.0 Å². The largest absolute Gasteiger partial charge is 0.347 e. The van der Waals surface area contributed by atoms with E-state index < -0.39 is 0 Å². The molecule has 0 atom stereocenters. The number of hydrogen-bond acceptors (Lipinski definition) is 3. The van der Waals surface area contributed by atoms with Gasteiger partial charge in [-0.2, -0.15) is 11.8 Å². The number of nitrogens with zero attached hydrogens (tertiary/aromatic N) is 1. The van der Waals surface area contributed by atoms with Crippen LogP contribution in [0.2, 0.25) is 0 Å². The van der Waals surface area contributed by atoms with Gasteiger partial charge >= 0.3 is 0 Å². The Kier molecular flexibility index (Phi) is 4.32. The molecule has 3 rings (SSSR count). The highest BCUT2D eigenvalue weighted by atomic mass is 32.2. The number of hydrogen-bond donors (Lipinski definition) is 0. The summed E-state index contributed by atoms with van der Waals surface area (Å²) in [5.74, 6) is 2.58. The normalized spacial score (nSPS) is 28.1. The summed E-state index contributed by atoms with van der Waals surface area (Å²) >= 11 is 2.00. The average Bonchev–Trinajstić information content (AvgIpc) is 2.75. The molecule has 2 heterocycles. The number of thioether (sulfide) groups is 1. The first-order chi connectivity index (χ1) is 9.70. The molecule has 1 saturated carbocycles. The third-order valence-corrected chi connectivity index (χ3v) is 6.13. The number of carbonyl (C=O) groups is 1. The summed E-state index contributed by atoms with van der Waals surface area (Å²) in [6.45, 7) is 2.95. The fourth-order valence-electron chi connectivity index (χ4n) is 4.11. The molecular weight excluding hydrogens is 270 g/mol. The van der Waals surface area contributed by atoms with Crippen LogP contribution < -0.4 is 0 Å². The average molecular weight is 297 g/mol. The summed E-state index contributed by atoms with van der Waals surface area (Å²) in [6.07, 6.45) is 9.82. The highest BCUT2D eigenvalue weighted by Gasteiger charge is 2.55. The fourth-order valence-corrected chi connectivity index (χ4v) is 5.24. The first-order valence-corrected chi connectivity index (χ1v) is 9.44. The van der Waals surface area contributed by atoms with Crippen LogP contribution in [0.3, 0.4) is 0 Å². The number of amides is 1. The molecule has 3 nitrogen and oxygen atoms in total. The third-order valence-electron chi connectivity index (χ3n) is 5.15. The van der Waals surface area contributed by atoms with Gasteiger partial charge in [-0.15, -0.1) is 0 Å². The van der Waals surface area contributed by atoms with E-state index in [-0.39, 0.29) is 11.3 Å². The van der Waals surface area contributed by atoms with E-state index in [0.29, 0.717) is 12.3 Å². The van der Waals surface area contributed by atoms with Crippen molar-refractivity contribution < 1.29 is 9.53 Å². The minimum Gasteiger partial charge on any atom is -0.347 e. The predicted molar refractivity (Wildman–Crippen MR) is 82.8 cm³/mol. The van der Waals surface area contributed by atoms with Crippen molar-refractivity contribution in [1.82, 2.24) is 4.90 Å². The smallest absolute Gasteiger partial charge is 0.224 e. The highest BCUT2D eigenvalue weighted by molar-refractivity contribution is 7.99. The van der Waals surface area contributed by atoms with Crippen molar-refractivity contribution in [3.63, 3.8) is 0 Å². The van der Waals surface area contributed by atoms with Gasteiger partial charge < -0.3 is 9.64 Å². The topological polar surface area (TPSA) is 29.5 Å². The van der Waals surface area contributed by atoms with Gasteiger partial charge in [0.1, 0.15) is 5.72 Å². The Labute approximate surface area is 126 Å². The maximum atomic E-state index is 12.6. The van der Waals surface area contributed by atoms with E-state index in [9.17, 15) is 4.79 Å². The van der Waals surface area contributed by atoms with Gasteiger partial charge in [0.25, 0.3) is 0 Å². The second-order valence-electron chi connectivity index (χ2n) is 6.63. The van der Waals surface area contributed by atoms with E-state index in [1.54, 1.807) is 0 Å². The van der Waals surface area contributed by atoms with Crippen LogP contribution in [0.1, 0.15) is 64.7 Å². The van der Waals surface area contributed by atoms with Crippen molar-refractivity contribution in [3.05, 3.63) is 0 Å². The van der Waals surface area contributed by atoms with Gasteiger partial charge in [0, 0.05) is 19.3 Å². The van der Waals surface area contributed by atoms with Crippen LogP contribution in [0.25, 0.3) is 0 Å².